The Kier molecular flexibility index (Phi) is 7.07. The number of hydrogen-bond donors (Lipinski definition) is 2. The molecule has 1 atom stereocenters. The van der Waals surface area contributed by atoms with E-state index in [2.05, 4.69) is 10.6 Å². The van der Waals surface area contributed by atoms with Gasteiger partial charge in [-0.1, -0.05) is 6.92 Å². The number of benzene rings is 1. The van der Waals surface area contributed by atoms with E-state index >= 15 is 0 Å². The summed E-state index contributed by atoms with van der Waals surface area (Å²) < 4.78 is 7.85. The first-order valence-electron chi connectivity index (χ1n) is 10.0. The average molecular weight is 418 g/mol. The lowest BCUT2D eigenvalue weighted by Crippen LogP contribution is -2.39. The minimum absolute atomic E-state index is 0.104. The number of nitrogens with zero attached hydrogens (tertiary/aromatic N) is 2. The summed E-state index contributed by atoms with van der Waals surface area (Å²) in [5, 5.41) is 5.68. The summed E-state index contributed by atoms with van der Waals surface area (Å²) in [4.78, 5) is 49.4. The molecule has 0 saturated carbocycles. The molecule has 164 valence electrons. The number of amides is 2. The molecule has 0 radical (unpaired) electrons. The lowest BCUT2D eigenvalue weighted by atomic mass is 10.1. The normalized spacial score (nSPS) is 12.5. The van der Waals surface area contributed by atoms with Crippen LogP contribution in [0, 0.1) is 5.92 Å². The topological polar surface area (TPSA) is 111 Å². The van der Waals surface area contributed by atoms with Gasteiger partial charge in [0.2, 0.25) is 5.91 Å². The van der Waals surface area contributed by atoms with Crippen LogP contribution in [0.3, 0.4) is 0 Å². The van der Waals surface area contributed by atoms with E-state index in [-0.39, 0.29) is 24.7 Å². The second-order valence-electron chi connectivity index (χ2n) is 8.08. The van der Waals surface area contributed by atoms with E-state index in [0.29, 0.717) is 23.1 Å². The molecule has 2 amide bonds. The predicted molar refractivity (Wildman–Crippen MR) is 116 cm³/mol. The van der Waals surface area contributed by atoms with Crippen molar-refractivity contribution in [2.24, 2.45) is 5.92 Å². The van der Waals surface area contributed by atoms with Crippen LogP contribution in [0.5, 0.6) is 0 Å². The molecule has 2 aromatic rings. The molecule has 0 bridgehead atoms. The maximum atomic E-state index is 12.7. The van der Waals surface area contributed by atoms with Gasteiger partial charge in [-0.05, 0) is 52.8 Å². The van der Waals surface area contributed by atoms with Crippen LogP contribution in [0.1, 0.15) is 41.5 Å². The average Bonchev–Trinajstić information content (AvgIpc) is 2.66. The monoisotopic (exact) mass is 418 g/mol. The van der Waals surface area contributed by atoms with Crippen LogP contribution < -0.4 is 21.9 Å². The lowest BCUT2D eigenvalue weighted by molar-refractivity contribution is -0.119. The van der Waals surface area contributed by atoms with Crippen LogP contribution in [0.15, 0.2) is 27.8 Å². The number of carbonyl (C=O) groups is 2. The molecular weight excluding hydrogens is 388 g/mol. The number of anilines is 1. The first-order chi connectivity index (χ1) is 14.0. The van der Waals surface area contributed by atoms with Crippen molar-refractivity contribution in [1.29, 1.82) is 0 Å². The highest BCUT2D eigenvalue weighted by molar-refractivity contribution is 5.95. The van der Waals surface area contributed by atoms with Crippen molar-refractivity contribution >= 4 is 28.6 Å². The molecule has 9 heteroatoms. The van der Waals surface area contributed by atoms with Gasteiger partial charge < -0.3 is 15.4 Å². The fraction of sp³-hybridized carbons (Fsp3) is 0.524. The van der Waals surface area contributed by atoms with Gasteiger partial charge in [-0.2, -0.15) is 0 Å². The number of carbonyl (C=O) groups excluding carboxylic acids is 2. The summed E-state index contributed by atoms with van der Waals surface area (Å²) in [5.74, 6) is -0.838. The number of rotatable bonds is 6. The van der Waals surface area contributed by atoms with Crippen molar-refractivity contribution in [1.82, 2.24) is 14.5 Å². The van der Waals surface area contributed by atoms with Gasteiger partial charge in [-0.15, -0.1) is 0 Å². The van der Waals surface area contributed by atoms with E-state index < -0.39 is 23.2 Å². The van der Waals surface area contributed by atoms with Crippen LogP contribution in [0.25, 0.3) is 10.9 Å². The van der Waals surface area contributed by atoms with Crippen LogP contribution >= 0.6 is 0 Å². The number of nitrogens with one attached hydrogen (secondary N) is 2. The van der Waals surface area contributed by atoms with Gasteiger partial charge in [-0.3, -0.25) is 18.7 Å². The van der Waals surface area contributed by atoms with Gasteiger partial charge in [0.25, 0.3) is 5.56 Å². The molecular formula is C21H30N4O5. The zero-order chi connectivity index (χ0) is 22.6. The summed E-state index contributed by atoms with van der Waals surface area (Å²) >= 11 is 0. The first-order valence-corrected chi connectivity index (χ1v) is 10.0. The second-order valence-corrected chi connectivity index (χ2v) is 8.08. The Bertz CT molecular complexity index is 1060. The Morgan fingerprint density at radius 1 is 1.10 bits per heavy atom. The fourth-order valence-electron chi connectivity index (χ4n) is 2.99. The van der Waals surface area contributed by atoms with Crippen molar-refractivity contribution in [3.8, 4) is 0 Å². The molecule has 1 unspecified atom stereocenters. The molecule has 1 aromatic carbocycles. The molecule has 2 rings (SSSR count). The molecule has 0 spiro atoms. The van der Waals surface area contributed by atoms with Gasteiger partial charge in [0.15, 0.2) is 0 Å². The minimum Gasteiger partial charge on any atom is -0.444 e. The zero-order valence-electron chi connectivity index (χ0n) is 18.4. The number of aromatic nitrogens is 2. The third-order valence-electron chi connectivity index (χ3n) is 4.52. The van der Waals surface area contributed by atoms with Crippen molar-refractivity contribution in [3.63, 3.8) is 0 Å². The highest BCUT2D eigenvalue weighted by Crippen LogP contribution is 2.16. The largest absolute Gasteiger partial charge is 0.444 e. The standard InChI is InChI=1S/C21H30N4O5/c1-7-24-16-10-9-14(11-15(16)18(27)25(8-2)20(24)29)23-17(26)13(3)12-22-19(28)30-21(4,5)6/h9-11,13H,7-8,12H2,1-6H3,(H,22,28)(H,23,26). The zero-order valence-corrected chi connectivity index (χ0v) is 18.4. The summed E-state index contributed by atoms with van der Waals surface area (Å²) in [5.41, 5.74) is -0.396. The predicted octanol–water partition coefficient (Wildman–Crippen LogP) is 2.30. The minimum atomic E-state index is -0.620. The fourth-order valence-corrected chi connectivity index (χ4v) is 2.99. The van der Waals surface area contributed by atoms with E-state index in [0.717, 1.165) is 0 Å². The summed E-state index contributed by atoms with van der Waals surface area (Å²) in [7, 11) is 0. The quantitative estimate of drug-likeness (QED) is 0.748. The SMILES string of the molecule is CCn1c(=O)c2cc(NC(=O)C(C)CNC(=O)OC(C)(C)C)ccc2n(CC)c1=O. The number of fused-ring (bicyclic) bond motifs is 1. The Morgan fingerprint density at radius 2 is 1.73 bits per heavy atom. The Hall–Kier alpha value is -3.10. The van der Waals surface area contributed by atoms with Crippen molar-refractivity contribution in [2.45, 2.75) is 60.2 Å². The van der Waals surface area contributed by atoms with Crippen molar-refractivity contribution in [3.05, 3.63) is 39.0 Å². The molecule has 1 aromatic heterocycles. The van der Waals surface area contributed by atoms with Crippen molar-refractivity contribution in [2.75, 3.05) is 11.9 Å². The first kappa shape index (κ1) is 23.2. The van der Waals surface area contributed by atoms with Gasteiger partial charge in [0.1, 0.15) is 5.60 Å². The molecule has 1 heterocycles. The smallest absolute Gasteiger partial charge is 0.407 e. The molecule has 0 aliphatic carbocycles. The van der Waals surface area contributed by atoms with E-state index in [1.807, 2.05) is 6.92 Å². The Morgan fingerprint density at radius 3 is 2.30 bits per heavy atom. The van der Waals surface area contributed by atoms with Crippen LogP contribution in [0.2, 0.25) is 0 Å². The molecule has 2 N–H and O–H groups in total. The molecule has 0 saturated heterocycles. The van der Waals surface area contributed by atoms with Gasteiger partial charge >= 0.3 is 11.8 Å². The molecule has 9 nitrogen and oxygen atoms in total. The molecule has 0 aliphatic rings. The maximum Gasteiger partial charge on any atom is 0.407 e. The Labute approximate surface area is 175 Å². The van der Waals surface area contributed by atoms with Crippen LogP contribution in [-0.4, -0.2) is 33.3 Å². The van der Waals surface area contributed by atoms with Gasteiger partial charge in [0, 0.05) is 25.3 Å². The van der Waals surface area contributed by atoms with Crippen LogP contribution in [0.4, 0.5) is 10.5 Å². The summed E-state index contributed by atoms with van der Waals surface area (Å²) in [6.07, 6.45) is -0.592. The van der Waals surface area contributed by atoms with Gasteiger partial charge in [-0.25, -0.2) is 9.59 Å². The summed E-state index contributed by atoms with van der Waals surface area (Å²) in [6.45, 7) is 11.3. The van der Waals surface area contributed by atoms with E-state index in [1.54, 1.807) is 52.8 Å². The molecule has 0 aliphatic heterocycles. The Balaban J connectivity index is 2.19. The molecule has 30 heavy (non-hydrogen) atoms. The lowest BCUT2D eigenvalue weighted by Gasteiger charge is -2.20. The van der Waals surface area contributed by atoms with E-state index in [4.69, 9.17) is 4.74 Å². The number of alkyl carbamates (subject to hydrolysis) is 1. The number of aryl methyl sites for hydroxylation is 1. The highest BCUT2D eigenvalue weighted by atomic mass is 16.6. The van der Waals surface area contributed by atoms with E-state index in [9.17, 15) is 19.2 Å². The van der Waals surface area contributed by atoms with Crippen LogP contribution in [-0.2, 0) is 22.6 Å². The van der Waals surface area contributed by atoms with Gasteiger partial charge in [0.05, 0.1) is 16.8 Å². The molecule has 0 fully saturated rings. The highest BCUT2D eigenvalue weighted by Gasteiger charge is 2.19. The summed E-state index contributed by atoms with van der Waals surface area (Å²) in [6, 6.07) is 4.87. The number of hydrogen-bond acceptors (Lipinski definition) is 5. The van der Waals surface area contributed by atoms with E-state index in [1.165, 1.54) is 9.13 Å². The third kappa shape index (κ3) is 5.28. The maximum absolute atomic E-state index is 12.7. The van der Waals surface area contributed by atoms with Crippen molar-refractivity contribution < 1.29 is 14.3 Å². The third-order valence-corrected chi connectivity index (χ3v) is 4.52. The number of ether oxygens (including phenoxy) is 1. The second kappa shape index (κ2) is 9.15.